The van der Waals surface area contributed by atoms with Crippen LogP contribution in [0, 0.1) is 5.82 Å². The average molecular weight is 366 g/mol. The Morgan fingerprint density at radius 3 is 2.50 bits per heavy atom. The summed E-state index contributed by atoms with van der Waals surface area (Å²) in [7, 11) is 0. The van der Waals surface area contributed by atoms with Crippen molar-refractivity contribution in [2.45, 2.75) is 0 Å². The van der Waals surface area contributed by atoms with Crippen LogP contribution in [0.1, 0.15) is 5.56 Å². The number of nitrogens with zero attached hydrogens (tertiary/aromatic N) is 1. The second-order valence-electron chi connectivity index (χ2n) is 4.86. The normalized spacial score (nSPS) is 16.2. The van der Waals surface area contributed by atoms with E-state index in [0.717, 1.165) is 11.0 Å². The maximum atomic E-state index is 13.2. The molecule has 0 spiro atoms. The lowest BCUT2D eigenvalue weighted by molar-refractivity contribution is -0.113. The molecule has 0 unspecified atom stereocenters. The lowest BCUT2D eigenvalue weighted by Crippen LogP contribution is -2.27. The molecule has 0 radical (unpaired) electrons. The number of hydrogen-bond acceptors (Lipinski definition) is 5. The van der Waals surface area contributed by atoms with E-state index in [4.69, 9.17) is 11.6 Å². The molecule has 1 fully saturated rings. The van der Waals surface area contributed by atoms with Gasteiger partial charge in [-0.3, -0.25) is 9.59 Å². The van der Waals surface area contributed by atoms with Gasteiger partial charge in [-0.05, 0) is 53.7 Å². The Labute approximate surface area is 145 Å². The molecular formula is C16H9ClFNO4S. The zero-order valence-electron chi connectivity index (χ0n) is 11.9. The van der Waals surface area contributed by atoms with Gasteiger partial charge in [-0.25, -0.2) is 9.29 Å². The van der Waals surface area contributed by atoms with Gasteiger partial charge in [-0.1, -0.05) is 17.7 Å². The van der Waals surface area contributed by atoms with Crippen LogP contribution in [0.15, 0.2) is 41.3 Å². The van der Waals surface area contributed by atoms with Crippen LogP contribution in [-0.4, -0.2) is 21.4 Å². The Morgan fingerprint density at radius 2 is 1.83 bits per heavy atom. The fourth-order valence-electron chi connectivity index (χ4n) is 2.10. The highest BCUT2D eigenvalue weighted by Crippen LogP contribution is 2.37. The molecule has 8 heteroatoms. The van der Waals surface area contributed by atoms with Crippen LogP contribution in [0.4, 0.5) is 14.9 Å². The monoisotopic (exact) mass is 365 g/mol. The molecule has 3 rings (SSSR count). The van der Waals surface area contributed by atoms with E-state index in [2.05, 4.69) is 0 Å². The SMILES string of the molecule is O=C1S/C(=C\c2ccc(O)c(O)c2)C(=O)N1c1ccc(F)c(Cl)c1. The van der Waals surface area contributed by atoms with Crippen molar-refractivity contribution in [3.63, 3.8) is 0 Å². The number of halogens is 2. The standard InChI is InChI=1S/C16H9ClFNO4S/c17-10-7-9(2-3-11(10)18)19-15(22)14(24-16(19)23)6-8-1-4-12(20)13(21)5-8/h1-7,20-21H/b14-6-. The lowest BCUT2D eigenvalue weighted by atomic mass is 10.2. The Balaban J connectivity index is 1.94. The van der Waals surface area contributed by atoms with Crippen molar-refractivity contribution in [3.05, 3.63) is 57.7 Å². The number of phenols is 2. The summed E-state index contributed by atoms with van der Waals surface area (Å²) in [5, 5.41) is 18.0. The summed E-state index contributed by atoms with van der Waals surface area (Å²) >= 11 is 6.40. The van der Waals surface area contributed by atoms with Gasteiger partial charge in [0.15, 0.2) is 11.5 Å². The van der Waals surface area contributed by atoms with E-state index in [1.165, 1.54) is 36.4 Å². The summed E-state index contributed by atoms with van der Waals surface area (Å²) in [5.41, 5.74) is 0.605. The highest BCUT2D eigenvalue weighted by atomic mass is 35.5. The number of imide groups is 1. The van der Waals surface area contributed by atoms with Crippen LogP contribution in [0.3, 0.4) is 0 Å². The number of phenolic OH excluding ortho intramolecular Hbond substituents is 2. The van der Waals surface area contributed by atoms with Crippen molar-refractivity contribution >= 4 is 46.3 Å². The highest BCUT2D eigenvalue weighted by Gasteiger charge is 2.36. The molecule has 1 saturated heterocycles. The van der Waals surface area contributed by atoms with Crippen LogP contribution >= 0.6 is 23.4 Å². The number of benzene rings is 2. The highest BCUT2D eigenvalue weighted by molar-refractivity contribution is 8.19. The molecule has 2 aromatic carbocycles. The molecule has 2 N–H and O–H groups in total. The molecule has 1 heterocycles. The van der Waals surface area contributed by atoms with Crippen LogP contribution in [0.2, 0.25) is 5.02 Å². The molecule has 122 valence electrons. The molecule has 0 aliphatic carbocycles. The van der Waals surface area contributed by atoms with Gasteiger partial charge in [-0.2, -0.15) is 0 Å². The molecule has 1 aliphatic heterocycles. The summed E-state index contributed by atoms with van der Waals surface area (Å²) in [6.07, 6.45) is 1.41. The Kier molecular flexibility index (Phi) is 4.21. The summed E-state index contributed by atoms with van der Waals surface area (Å²) in [6.45, 7) is 0. The molecule has 2 amide bonds. The van der Waals surface area contributed by atoms with E-state index in [9.17, 15) is 24.2 Å². The van der Waals surface area contributed by atoms with E-state index >= 15 is 0 Å². The minimum absolute atomic E-state index is 0.130. The maximum absolute atomic E-state index is 13.2. The second-order valence-corrected chi connectivity index (χ2v) is 6.26. The van der Waals surface area contributed by atoms with Gasteiger partial charge < -0.3 is 10.2 Å². The second kappa shape index (κ2) is 6.18. The molecule has 0 aromatic heterocycles. The minimum atomic E-state index is -0.650. The van der Waals surface area contributed by atoms with Crippen molar-refractivity contribution in [2.24, 2.45) is 0 Å². The minimum Gasteiger partial charge on any atom is -0.504 e. The maximum Gasteiger partial charge on any atom is 0.298 e. The van der Waals surface area contributed by atoms with E-state index in [1.807, 2.05) is 0 Å². The number of carbonyl (C=O) groups is 2. The lowest BCUT2D eigenvalue weighted by Gasteiger charge is -2.12. The quantitative estimate of drug-likeness (QED) is 0.618. The number of anilines is 1. The van der Waals surface area contributed by atoms with E-state index in [1.54, 1.807) is 0 Å². The van der Waals surface area contributed by atoms with Crippen LogP contribution in [-0.2, 0) is 4.79 Å². The summed E-state index contributed by atoms with van der Waals surface area (Å²) in [5.74, 6) is -1.86. The van der Waals surface area contributed by atoms with Crippen molar-refractivity contribution in [1.29, 1.82) is 0 Å². The van der Waals surface area contributed by atoms with Gasteiger partial charge in [0.2, 0.25) is 0 Å². The topological polar surface area (TPSA) is 77.8 Å². The summed E-state index contributed by atoms with van der Waals surface area (Å²) in [4.78, 5) is 25.6. The molecular weight excluding hydrogens is 357 g/mol. The predicted molar refractivity (Wildman–Crippen MR) is 89.6 cm³/mol. The number of aromatic hydroxyl groups is 2. The third-order valence-corrected chi connectivity index (χ3v) is 4.41. The molecule has 24 heavy (non-hydrogen) atoms. The van der Waals surface area contributed by atoms with Gasteiger partial charge >= 0.3 is 0 Å². The first kappa shape index (κ1) is 16.4. The molecule has 0 saturated carbocycles. The zero-order chi connectivity index (χ0) is 17.4. The first-order valence-corrected chi connectivity index (χ1v) is 7.81. The largest absolute Gasteiger partial charge is 0.504 e. The first-order valence-electron chi connectivity index (χ1n) is 6.62. The number of carbonyl (C=O) groups excluding carboxylic acids is 2. The molecule has 5 nitrogen and oxygen atoms in total. The first-order chi connectivity index (χ1) is 11.4. The van der Waals surface area contributed by atoms with Crippen LogP contribution in [0.25, 0.3) is 6.08 Å². The van der Waals surface area contributed by atoms with Crippen LogP contribution < -0.4 is 4.90 Å². The van der Waals surface area contributed by atoms with Gasteiger partial charge in [0.05, 0.1) is 15.6 Å². The molecule has 1 aliphatic rings. The van der Waals surface area contributed by atoms with Gasteiger partial charge in [-0.15, -0.1) is 0 Å². The predicted octanol–water partition coefficient (Wildman–Crippen LogP) is 4.13. The van der Waals surface area contributed by atoms with Crippen molar-refractivity contribution < 1.29 is 24.2 Å². The molecule has 2 aromatic rings. The Hall–Kier alpha value is -2.51. The third-order valence-electron chi connectivity index (χ3n) is 3.25. The molecule has 0 bridgehead atoms. The van der Waals surface area contributed by atoms with Crippen molar-refractivity contribution in [1.82, 2.24) is 0 Å². The third kappa shape index (κ3) is 2.95. The van der Waals surface area contributed by atoms with Crippen LogP contribution in [0.5, 0.6) is 11.5 Å². The van der Waals surface area contributed by atoms with E-state index in [-0.39, 0.29) is 27.1 Å². The Morgan fingerprint density at radius 1 is 1.08 bits per heavy atom. The average Bonchev–Trinajstić information content (AvgIpc) is 2.80. The van der Waals surface area contributed by atoms with E-state index in [0.29, 0.717) is 17.3 Å². The Bertz CT molecular complexity index is 900. The number of thioether (sulfide) groups is 1. The van der Waals surface area contributed by atoms with Gasteiger partial charge in [0.25, 0.3) is 11.1 Å². The van der Waals surface area contributed by atoms with Gasteiger partial charge in [0.1, 0.15) is 5.82 Å². The summed E-state index contributed by atoms with van der Waals surface area (Å²) in [6, 6.07) is 7.57. The number of rotatable bonds is 2. The van der Waals surface area contributed by atoms with Crippen molar-refractivity contribution in [3.8, 4) is 11.5 Å². The smallest absolute Gasteiger partial charge is 0.298 e. The molecule has 0 atom stereocenters. The van der Waals surface area contributed by atoms with E-state index < -0.39 is 17.0 Å². The van der Waals surface area contributed by atoms with Gasteiger partial charge in [0, 0.05) is 0 Å². The summed E-state index contributed by atoms with van der Waals surface area (Å²) < 4.78 is 13.2. The van der Waals surface area contributed by atoms with Crippen molar-refractivity contribution in [2.75, 3.05) is 4.90 Å². The number of hydrogen-bond donors (Lipinski definition) is 2. The number of amides is 2. The fourth-order valence-corrected chi connectivity index (χ4v) is 3.11. The fraction of sp³-hybridized carbons (Fsp3) is 0. The zero-order valence-corrected chi connectivity index (χ0v) is 13.4.